The molecule has 34 heavy (non-hydrogen) atoms. The molecule has 0 radical (unpaired) electrons. The third-order valence-electron chi connectivity index (χ3n) is 6.83. The van der Waals surface area contributed by atoms with E-state index in [-0.39, 0.29) is 42.6 Å². The fourth-order valence-electron chi connectivity index (χ4n) is 4.81. The highest BCUT2D eigenvalue weighted by Crippen LogP contribution is 2.44. The number of carbonyl (C=O) groups is 3. The van der Waals surface area contributed by atoms with Gasteiger partial charge in [-0.25, -0.2) is 4.79 Å². The van der Waals surface area contributed by atoms with E-state index >= 15 is 0 Å². The number of fused-ring (bicyclic) bond motifs is 3. The van der Waals surface area contributed by atoms with Crippen LogP contribution in [0.2, 0.25) is 0 Å². The second kappa shape index (κ2) is 9.49. The number of ether oxygens (including phenoxy) is 1. The molecule has 2 aromatic carbocycles. The van der Waals surface area contributed by atoms with Crippen molar-refractivity contribution in [3.63, 3.8) is 0 Å². The average Bonchev–Trinajstić information content (AvgIpc) is 3.07. The van der Waals surface area contributed by atoms with Gasteiger partial charge in [0.25, 0.3) is 0 Å². The van der Waals surface area contributed by atoms with Crippen LogP contribution in [0.5, 0.6) is 0 Å². The number of amides is 2. The lowest BCUT2D eigenvalue weighted by Crippen LogP contribution is -2.54. The van der Waals surface area contributed by atoms with E-state index in [1.807, 2.05) is 45.0 Å². The van der Waals surface area contributed by atoms with Crippen LogP contribution in [-0.2, 0) is 14.3 Å². The van der Waals surface area contributed by atoms with Crippen molar-refractivity contribution in [2.24, 2.45) is 11.3 Å². The second-order valence-electron chi connectivity index (χ2n) is 10.4. The van der Waals surface area contributed by atoms with Gasteiger partial charge in [-0.1, -0.05) is 69.3 Å². The van der Waals surface area contributed by atoms with Gasteiger partial charge >= 0.3 is 12.1 Å². The molecule has 4 rings (SSSR count). The SMILES string of the molecule is CC(C)(C)C(CC(=O)N1CC(CC(=O)O)C1)NC(=O)OCC1c2ccccc2-c2ccccc21. The van der Waals surface area contributed by atoms with Gasteiger partial charge < -0.3 is 20.1 Å². The molecule has 2 aromatic rings. The summed E-state index contributed by atoms with van der Waals surface area (Å²) >= 11 is 0. The summed E-state index contributed by atoms with van der Waals surface area (Å²) in [6, 6.07) is 15.9. The normalized spacial score (nSPS) is 16.3. The number of carbonyl (C=O) groups excluding carboxylic acids is 2. The Hall–Kier alpha value is -3.35. The molecular weight excluding hydrogens is 432 g/mol. The van der Waals surface area contributed by atoms with Crippen LogP contribution in [-0.4, -0.2) is 53.7 Å². The van der Waals surface area contributed by atoms with Gasteiger partial charge in [0.15, 0.2) is 0 Å². The molecule has 7 heteroatoms. The number of carboxylic acids is 1. The minimum Gasteiger partial charge on any atom is -0.481 e. The maximum absolute atomic E-state index is 12.8. The molecule has 7 nitrogen and oxygen atoms in total. The van der Waals surface area contributed by atoms with Gasteiger partial charge in [0.05, 0.1) is 6.42 Å². The Bertz CT molecular complexity index is 1040. The molecule has 1 aliphatic carbocycles. The zero-order valence-corrected chi connectivity index (χ0v) is 19.9. The van der Waals surface area contributed by atoms with Crippen LogP contribution in [0.25, 0.3) is 11.1 Å². The van der Waals surface area contributed by atoms with Crippen molar-refractivity contribution in [2.75, 3.05) is 19.7 Å². The van der Waals surface area contributed by atoms with Crippen molar-refractivity contribution in [1.29, 1.82) is 0 Å². The van der Waals surface area contributed by atoms with Crippen LogP contribution < -0.4 is 5.32 Å². The maximum atomic E-state index is 12.8. The number of aliphatic carboxylic acids is 1. The van der Waals surface area contributed by atoms with Gasteiger partial charge in [-0.3, -0.25) is 9.59 Å². The van der Waals surface area contributed by atoms with Crippen molar-refractivity contribution >= 4 is 18.0 Å². The highest BCUT2D eigenvalue weighted by Gasteiger charge is 2.36. The van der Waals surface area contributed by atoms with Gasteiger partial charge in [0.1, 0.15) is 6.61 Å². The lowest BCUT2D eigenvalue weighted by atomic mass is 9.84. The Morgan fingerprint density at radius 1 is 1.03 bits per heavy atom. The first-order chi connectivity index (χ1) is 16.1. The summed E-state index contributed by atoms with van der Waals surface area (Å²) in [5.41, 5.74) is 4.27. The molecule has 1 unspecified atom stereocenters. The van der Waals surface area contributed by atoms with Crippen molar-refractivity contribution in [1.82, 2.24) is 10.2 Å². The quantitative estimate of drug-likeness (QED) is 0.638. The van der Waals surface area contributed by atoms with Gasteiger partial charge in [-0.2, -0.15) is 0 Å². The molecule has 2 amide bonds. The smallest absolute Gasteiger partial charge is 0.407 e. The summed E-state index contributed by atoms with van der Waals surface area (Å²) in [4.78, 5) is 38.0. The molecular formula is C27H32N2O5. The van der Waals surface area contributed by atoms with E-state index in [0.29, 0.717) is 13.1 Å². The number of benzene rings is 2. The molecule has 0 bridgehead atoms. The maximum Gasteiger partial charge on any atom is 0.407 e. The summed E-state index contributed by atoms with van der Waals surface area (Å²) in [6.45, 7) is 7.03. The Labute approximate surface area is 200 Å². The number of rotatable bonds is 7. The first kappa shape index (κ1) is 23.8. The van der Waals surface area contributed by atoms with Crippen LogP contribution in [0.3, 0.4) is 0 Å². The Balaban J connectivity index is 1.35. The summed E-state index contributed by atoms with van der Waals surface area (Å²) < 4.78 is 5.67. The first-order valence-corrected chi connectivity index (χ1v) is 11.7. The van der Waals surface area contributed by atoms with Crippen LogP contribution in [0, 0.1) is 11.3 Å². The predicted molar refractivity (Wildman–Crippen MR) is 128 cm³/mol. The van der Waals surface area contributed by atoms with Crippen LogP contribution in [0.15, 0.2) is 48.5 Å². The van der Waals surface area contributed by atoms with Crippen molar-refractivity contribution < 1.29 is 24.2 Å². The third kappa shape index (κ3) is 5.08. The zero-order valence-electron chi connectivity index (χ0n) is 19.9. The minimum absolute atomic E-state index is 0.00429. The molecule has 0 spiro atoms. The van der Waals surface area contributed by atoms with Crippen molar-refractivity contribution in [3.8, 4) is 11.1 Å². The topological polar surface area (TPSA) is 95.9 Å². The molecule has 2 N–H and O–H groups in total. The second-order valence-corrected chi connectivity index (χ2v) is 10.4. The number of nitrogens with one attached hydrogen (secondary N) is 1. The van der Waals surface area contributed by atoms with E-state index in [2.05, 4.69) is 29.6 Å². The molecule has 180 valence electrons. The Morgan fingerprint density at radius 2 is 1.59 bits per heavy atom. The van der Waals surface area contributed by atoms with E-state index < -0.39 is 18.1 Å². The summed E-state index contributed by atoms with van der Waals surface area (Å²) in [7, 11) is 0. The Morgan fingerprint density at radius 3 is 2.12 bits per heavy atom. The third-order valence-corrected chi connectivity index (χ3v) is 6.83. The number of carboxylic acid groups (broad SMARTS) is 1. The first-order valence-electron chi connectivity index (χ1n) is 11.7. The average molecular weight is 465 g/mol. The number of likely N-dealkylation sites (tertiary alicyclic amines) is 1. The fraction of sp³-hybridized carbons (Fsp3) is 0.444. The van der Waals surface area contributed by atoms with Gasteiger partial charge in [-0.15, -0.1) is 0 Å². The molecule has 0 saturated carbocycles. The molecule has 2 aliphatic rings. The fourth-order valence-corrected chi connectivity index (χ4v) is 4.81. The summed E-state index contributed by atoms with van der Waals surface area (Å²) in [6.07, 6.45) is -0.320. The lowest BCUT2D eigenvalue weighted by Gasteiger charge is -2.40. The highest BCUT2D eigenvalue weighted by atomic mass is 16.5. The standard InChI is InChI=1S/C27H32N2O5/c1-27(2,3)23(13-24(30)29-14-17(15-29)12-25(31)32)28-26(33)34-16-22-20-10-6-4-8-18(20)19-9-5-7-11-21(19)22/h4-11,17,22-23H,12-16H2,1-3H3,(H,28,33)(H,31,32). The number of nitrogens with zero attached hydrogens (tertiary/aromatic N) is 1. The zero-order chi connectivity index (χ0) is 24.5. The molecule has 1 saturated heterocycles. The monoisotopic (exact) mass is 464 g/mol. The van der Waals surface area contributed by atoms with E-state index in [1.165, 1.54) is 11.1 Å². The van der Waals surface area contributed by atoms with Crippen molar-refractivity contribution in [3.05, 3.63) is 59.7 Å². The van der Waals surface area contributed by atoms with Crippen molar-refractivity contribution in [2.45, 2.75) is 45.6 Å². The van der Waals surface area contributed by atoms with E-state index in [1.54, 1.807) is 4.90 Å². The Kier molecular flexibility index (Phi) is 6.64. The lowest BCUT2D eigenvalue weighted by molar-refractivity contribution is -0.145. The molecule has 1 aliphatic heterocycles. The predicted octanol–water partition coefficient (Wildman–Crippen LogP) is 4.26. The molecule has 1 fully saturated rings. The van der Waals surface area contributed by atoms with Gasteiger partial charge in [0, 0.05) is 37.4 Å². The molecule has 0 aromatic heterocycles. The molecule has 1 heterocycles. The van der Waals surface area contributed by atoms with Crippen LogP contribution in [0.1, 0.15) is 50.7 Å². The van der Waals surface area contributed by atoms with E-state index in [9.17, 15) is 14.4 Å². The highest BCUT2D eigenvalue weighted by molar-refractivity contribution is 5.80. The van der Waals surface area contributed by atoms with E-state index in [0.717, 1.165) is 11.1 Å². The molecule has 1 atom stereocenters. The number of hydrogen-bond acceptors (Lipinski definition) is 4. The summed E-state index contributed by atoms with van der Waals surface area (Å²) in [5.74, 6) is -0.952. The van der Waals surface area contributed by atoms with E-state index in [4.69, 9.17) is 9.84 Å². The summed E-state index contributed by atoms with van der Waals surface area (Å²) in [5, 5.41) is 11.8. The number of hydrogen-bond donors (Lipinski definition) is 2. The van der Waals surface area contributed by atoms with Crippen LogP contribution >= 0.6 is 0 Å². The van der Waals surface area contributed by atoms with Gasteiger partial charge in [0.2, 0.25) is 5.91 Å². The van der Waals surface area contributed by atoms with Gasteiger partial charge in [-0.05, 0) is 27.7 Å². The largest absolute Gasteiger partial charge is 0.481 e. The minimum atomic E-state index is -0.846. The number of alkyl carbamates (subject to hydrolysis) is 1. The van der Waals surface area contributed by atoms with Crippen LogP contribution in [0.4, 0.5) is 4.79 Å².